The van der Waals surface area contributed by atoms with Crippen molar-refractivity contribution >= 4 is 23.6 Å². The van der Waals surface area contributed by atoms with Gasteiger partial charge in [-0.3, -0.25) is 29.5 Å². The molecule has 1 fully saturated rings. The van der Waals surface area contributed by atoms with E-state index in [-0.39, 0.29) is 30.5 Å². The van der Waals surface area contributed by atoms with Crippen LogP contribution in [0, 0.1) is 5.82 Å². The number of hydrogen-bond donors (Lipinski definition) is 2. The smallest absolute Gasteiger partial charge is 0.335 e. The second-order valence-corrected chi connectivity index (χ2v) is 7.62. The number of nitrogens with zero attached hydrogens (tertiary/aromatic N) is 2. The molecule has 3 heterocycles. The molecule has 0 bridgehead atoms. The molecule has 1 aromatic carbocycles. The van der Waals surface area contributed by atoms with Gasteiger partial charge >= 0.3 is 6.18 Å². The Hall–Kier alpha value is -3.83. The number of piperidine rings is 1. The molecule has 4 amide bonds. The summed E-state index contributed by atoms with van der Waals surface area (Å²) < 4.78 is 53.6. The molecule has 2 atom stereocenters. The summed E-state index contributed by atoms with van der Waals surface area (Å²) in [5.74, 6) is -3.41. The Bertz CT molecular complexity index is 1150. The van der Waals surface area contributed by atoms with Crippen LogP contribution in [-0.4, -0.2) is 45.7 Å². The average molecular weight is 464 g/mol. The maximum absolute atomic E-state index is 13.5. The first-order valence-corrected chi connectivity index (χ1v) is 9.81. The first-order chi connectivity index (χ1) is 15.5. The number of alkyl halides is 3. The summed E-state index contributed by atoms with van der Waals surface area (Å²) in [6, 6.07) is 2.08. The predicted molar refractivity (Wildman–Crippen MR) is 103 cm³/mol. The van der Waals surface area contributed by atoms with Crippen molar-refractivity contribution in [3.05, 3.63) is 64.7 Å². The normalized spacial score (nSPS) is 19.2. The van der Waals surface area contributed by atoms with Gasteiger partial charge < -0.3 is 10.2 Å². The highest BCUT2D eigenvalue weighted by molar-refractivity contribution is 6.06. The lowest BCUT2D eigenvalue weighted by molar-refractivity contribution is -0.156. The Kier molecular flexibility index (Phi) is 5.60. The number of imide groups is 1. The molecule has 0 saturated carbocycles. The van der Waals surface area contributed by atoms with Gasteiger partial charge in [-0.1, -0.05) is 0 Å². The molecule has 0 spiro atoms. The van der Waals surface area contributed by atoms with Crippen molar-refractivity contribution in [2.75, 3.05) is 0 Å². The molecule has 2 aromatic rings. The van der Waals surface area contributed by atoms with Gasteiger partial charge in [0.25, 0.3) is 11.8 Å². The third-order valence-corrected chi connectivity index (χ3v) is 5.43. The molecular formula is C21H16F4N4O4. The molecule has 172 valence electrons. The van der Waals surface area contributed by atoms with E-state index in [9.17, 15) is 36.7 Å². The van der Waals surface area contributed by atoms with Crippen LogP contribution >= 0.6 is 0 Å². The summed E-state index contributed by atoms with van der Waals surface area (Å²) >= 11 is 0. The Morgan fingerprint density at radius 1 is 1.18 bits per heavy atom. The molecular weight excluding hydrogens is 448 g/mol. The molecule has 2 aliphatic heterocycles. The fourth-order valence-corrected chi connectivity index (χ4v) is 3.81. The molecule has 0 radical (unpaired) electrons. The Morgan fingerprint density at radius 3 is 2.58 bits per heavy atom. The molecule has 2 aliphatic rings. The van der Waals surface area contributed by atoms with Gasteiger partial charge in [0, 0.05) is 24.1 Å². The van der Waals surface area contributed by atoms with Crippen molar-refractivity contribution < 1.29 is 36.7 Å². The van der Waals surface area contributed by atoms with Crippen LogP contribution in [0.25, 0.3) is 0 Å². The van der Waals surface area contributed by atoms with Crippen molar-refractivity contribution in [2.45, 2.75) is 37.6 Å². The summed E-state index contributed by atoms with van der Waals surface area (Å²) in [5.41, 5.74) is -0.148. The van der Waals surface area contributed by atoms with E-state index in [1.54, 1.807) is 0 Å². The largest absolute Gasteiger partial charge is 0.414 e. The van der Waals surface area contributed by atoms with E-state index in [0.29, 0.717) is 11.8 Å². The van der Waals surface area contributed by atoms with Crippen LogP contribution in [0.15, 0.2) is 36.5 Å². The number of halogens is 4. The van der Waals surface area contributed by atoms with Gasteiger partial charge in [0.05, 0.1) is 11.9 Å². The molecule has 0 aliphatic carbocycles. The van der Waals surface area contributed by atoms with Gasteiger partial charge in [-0.2, -0.15) is 13.2 Å². The van der Waals surface area contributed by atoms with E-state index < -0.39 is 53.4 Å². The van der Waals surface area contributed by atoms with Crippen molar-refractivity contribution in [3.63, 3.8) is 0 Å². The fraction of sp³-hybridized carbons (Fsp3) is 0.286. The minimum atomic E-state index is -4.89. The number of rotatable bonds is 4. The van der Waals surface area contributed by atoms with Crippen LogP contribution in [0.1, 0.15) is 50.9 Å². The highest BCUT2D eigenvalue weighted by Gasteiger charge is 2.43. The quantitative estimate of drug-likeness (QED) is 0.532. The number of aromatic nitrogens is 1. The highest BCUT2D eigenvalue weighted by Crippen LogP contribution is 2.33. The van der Waals surface area contributed by atoms with Gasteiger partial charge in [-0.25, -0.2) is 4.39 Å². The number of amides is 4. The van der Waals surface area contributed by atoms with E-state index in [1.165, 1.54) is 23.1 Å². The second kappa shape index (κ2) is 8.26. The summed E-state index contributed by atoms with van der Waals surface area (Å²) in [6.45, 7) is -0.0379. The monoisotopic (exact) mass is 464 g/mol. The first-order valence-electron chi connectivity index (χ1n) is 9.81. The molecule has 4 rings (SSSR count). The number of carbonyl (C=O) groups excluding carboxylic acids is 4. The Balaban J connectivity index is 1.54. The molecule has 33 heavy (non-hydrogen) atoms. The van der Waals surface area contributed by atoms with Crippen LogP contribution in [0.4, 0.5) is 17.6 Å². The van der Waals surface area contributed by atoms with E-state index in [1.807, 2.05) is 5.32 Å². The third kappa shape index (κ3) is 4.41. The van der Waals surface area contributed by atoms with Crippen molar-refractivity contribution in [3.8, 4) is 0 Å². The standard InChI is InChI=1S/C21H16F4N4O4/c22-12-2-4-14(26-8-12)17(21(23,24)25)28-18(31)10-1-3-13-11(7-10)9-29(20(13)33)15-5-6-16(30)27-19(15)32/h1-4,7-8,15,17H,5-6,9H2,(H,28,31)(H,27,30,32)/t15-,17-/m1/s1. The van der Waals surface area contributed by atoms with Gasteiger partial charge in [-0.05, 0) is 42.3 Å². The fourth-order valence-electron chi connectivity index (χ4n) is 3.81. The number of fused-ring (bicyclic) bond motifs is 1. The van der Waals surface area contributed by atoms with E-state index in [4.69, 9.17) is 0 Å². The molecule has 0 unspecified atom stereocenters. The summed E-state index contributed by atoms with van der Waals surface area (Å²) in [7, 11) is 0. The van der Waals surface area contributed by atoms with E-state index in [2.05, 4.69) is 10.3 Å². The lowest BCUT2D eigenvalue weighted by Crippen LogP contribution is -2.52. The van der Waals surface area contributed by atoms with Gasteiger partial charge in [0.2, 0.25) is 11.8 Å². The maximum atomic E-state index is 13.5. The van der Waals surface area contributed by atoms with Crippen molar-refractivity contribution in [1.29, 1.82) is 0 Å². The Labute approximate surface area is 184 Å². The number of carbonyl (C=O) groups is 4. The lowest BCUT2D eigenvalue weighted by atomic mass is 10.0. The predicted octanol–water partition coefficient (Wildman–Crippen LogP) is 2.02. The molecule has 2 N–H and O–H groups in total. The van der Waals surface area contributed by atoms with E-state index in [0.717, 1.165) is 12.1 Å². The van der Waals surface area contributed by atoms with Crippen LogP contribution in [0.2, 0.25) is 0 Å². The lowest BCUT2D eigenvalue weighted by Gasteiger charge is -2.29. The molecule has 1 saturated heterocycles. The van der Waals surface area contributed by atoms with E-state index >= 15 is 0 Å². The summed E-state index contributed by atoms with van der Waals surface area (Å²) in [4.78, 5) is 53.4. The molecule has 1 aromatic heterocycles. The minimum Gasteiger partial charge on any atom is -0.335 e. The zero-order valence-electron chi connectivity index (χ0n) is 16.8. The SMILES string of the molecule is O=C1CC[C@@H](N2Cc3cc(C(=O)N[C@H](c4ccc(F)cn4)C(F)(F)F)ccc3C2=O)C(=O)N1. The topological polar surface area (TPSA) is 108 Å². The zero-order chi connectivity index (χ0) is 23.9. The number of hydrogen-bond acceptors (Lipinski definition) is 5. The van der Waals surface area contributed by atoms with Crippen molar-refractivity contribution in [1.82, 2.24) is 20.5 Å². The third-order valence-electron chi connectivity index (χ3n) is 5.43. The van der Waals surface area contributed by atoms with Crippen molar-refractivity contribution in [2.24, 2.45) is 0 Å². The van der Waals surface area contributed by atoms with Gasteiger partial charge in [0.15, 0.2) is 6.04 Å². The molecule has 8 nitrogen and oxygen atoms in total. The maximum Gasteiger partial charge on any atom is 0.414 e. The minimum absolute atomic E-state index is 0.0379. The van der Waals surface area contributed by atoms with Crippen LogP contribution < -0.4 is 10.6 Å². The summed E-state index contributed by atoms with van der Waals surface area (Å²) in [6.07, 6.45) is -4.06. The van der Waals surface area contributed by atoms with Gasteiger partial charge in [0.1, 0.15) is 11.9 Å². The highest BCUT2D eigenvalue weighted by atomic mass is 19.4. The number of pyridine rings is 1. The summed E-state index contributed by atoms with van der Waals surface area (Å²) in [5, 5.41) is 4.01. The average Bonchev–Trinajstić information content (AvgIpc) is 3.07. The van der Waals surface area contributed by atoms with Crippen LogP contribution in [0.3, 0.4) is 0 Å². The van der Waals surface area contributed by atoms with Crippen LogP contribution in [-0.2, 0) is 16.1 Å². The van der Waals surface area contributed by atoms with Gasteiger partial charge in [-0.15, -0.1) is 0 Å². The second-order valence-electron chi connectivity index (χ2n) is 7.62. The van der Waals surface area contributed by atoms with Crippen LogP contribution in [0.5, 0.6) is 0 Å². The Morgan fingerprint density at radius 2 is 1.94 bits per heavy atom. The zero-order valence-corrected chi connectivity index (χ0v) is 16.8. The first kappa shape index (κ1) is 22.4. The number of benzene rings is 1. The number of nitrogens with one attached hydrogen (secondary N) is 2. The molecule has 12 heteroatoms.